The molecule has 0 radical (unpaired) electrons. The summed E-state index contributed by atoms with van der Waals surface area (Å²) >= 11 is 0. The standard InChI is InChI=1S/C23H27N5O4.C8H18NO3P.C5H12.CH4/c1-3-15(4-2)11-19-23(31)27-14-20(29)25-13-21(27)28(32-19)22(30)10-9-16-12-24-17-7-5-6-8-18(17)26-16;10-13(11)12-8-4-3-7-9-5-1-2-6-9;1-5(2,3)4;/h5-10,12,15,19,21H,3-4,11,13-14H2,1-2H3,(H,25,29);10-11H,1-8H2;1-4H3;1H4/b10-9+;;;. The Hall–Kier alpha value is -3.06. The summed E-state index contributed by atoms with van der Waals surface area (Å²) in [5, 5.41) is 3.91. The molecular weight excluding hydrogens is 671 g/mol. The van der Waals surface area contributed by atoms with E-state index >= 15 is 0 Å². The number of piperazine rings is 1. The molecule has 0 spiro atoms. The van der Waals surface area contributed by atoms with Crippen molar-refractivity contribution in [3.63, 3.8) is 0 Å². The zero-order valence-electron chi connectivity index (χ0n) is 30.6. The van der Waals surface area contributed by atoms with E-state index in [1.165, 1.54) is 42.0 Å². The van der Waals surface area contributed by atoms with Crippen LogP contribution in [0.1, 0.15) is 99.6 Å². The highest BCUT2D eigenvalue weighted by molar-refractivity contribution is 7.39. The third-order valence-electron chi connectivity index (χ3n) is 8.28. The van der Waals surface area contributed by atoms with E-state index in [-0.39, 0.29) is 32.3 Å². The maximum absolute atomic E-state index is 13.1. The van der Waals surface area contributed by atoms with Gasteiger partial charge in [0.1, 0.15) is 6.54 Å². The van der Waals surface area contributed by atoms with Crippen LogP contribution >= 0.6 is 8.60 Å². The molecule has 3 aliphatic rings. The fraction of sp³-hybridized carbons (Fsp3) is 0.649. The number of likely N-dealkylation sites (tertiary alicyclic amines) is 1. The van der Waals surface area contributed by atoms with Crippen molar-refractivity contribution in [3.8, 4) is 0 Å². The average Bonchev–Trinajstić information content (AvgIpc) is 3.60. The van der Waals surface area contributed by atoms with Crippen molar-refractivity contribution in [2.75, 3.05) is 39.3 Å². The lowest BCUT2D eigenvalue weighted by molar-refractivity contribution is -0.264. The van der Waals surface area contributed by atoms with Crippen molar-refractivity contribution < 1.29 is 33.5 Å². The van der Waals surface area contributed by atoms with Gasteiger partial charge < -0.3 is 29.4 Å². The first-order chi connectivity index (χ1) is 23.8. The summed E-state index contributed by atoms with van der Waals surface area (Å²) in [5.74, 6) is -0.620. The Morgan fingerprint density at radius 2 is 1.75 bits per heavy atom. The molecule has 5 rings (SSSR count). The maximum Gasteiger partial charge on any atom is 0.327 e. The van der Waals surface area contributed by atoms with Crippen molar-refractivity contribution in [1.29, 1.82) is 0 Å². The van der Waals surface area contributed by atoms with E-state index < -0.39 is 26.8 Å². The van der Waals surface area contributed by atoms with Crippen LogP contribution < -0.4 is 5.32 Å². The molecule has 13 nitrogen and oxygen atoms in total. The van der Waals surface area contributed by atoms with E-state index in [1.807, 2.05) is 24.3 Å². The zero-order chi connectivity index (χ0) is 36.7. The van der Waals surface area contributed by atoms with Crippen LogP contribution in [0, 0.1) is 11.3 Å². The Kier molecular flexibility index (Phi) is 19.1. The summed E-state index contributed by atoms with van der Waals surface area (Å²) in [6.07, 6.45) is 10.0. The predicted molar refractivity (Wildman–Crippen MR) is 202 cm³/mol. The number of amides is 3. The van der Waals surface area contributed by atoms with E-state index in [0.29, 0.717) is 30.1 Å². The fourth-order valence-electron chi connectivity index (χ4n) is 5.64. The van der Waals surface area contributed by atoms with Crippen LogP contribution in [0.2, 0.25) is 0 Å². The minimum absolute atomic E-state index is 0. The van der Waals surface area contributed by atoms with Gasteiger partial charge in [-0.3, -0.25) is 24.2 Å². The smallest absolute Gasteiger partial charge is 0.327 e. The van der Waals surface area contributed by atoms with Gasteiger partial charge >= 0.3 is 8.60 Å². The van der Waals surface area contributed by atoms with Crippen molar-refractivity contribution in [2.45, 2.75) is 106 Å². The van der Waals surface area contributed by atoms with Gasteiger partial charge in [-0.05, 0) is 81.3 Å². The Labute approximate surface area is 305 Å². The second kappa shape index (κ2) is 22.1. The average molecular weight is 733 g/mol. The highest BCUT2D eigenvalue weighted by Gasteiger charge is 2.46. The number of unbranched alkanes of at least 4 members (excludes halogenated alkanes) is 1. The van der Waals surface area contributed by atoms with Gasteiger partial charge in [-0.2, -0.15) is 5.06 Å². The molecule has 51 heavy (non-hydrogen) atoms. The molecular formula is C37H61N6O7P. The van der Waals surface area contributed by atoms with Gasteiger partial charge in [0.2, 0.25) is 5.91 Å². The number of hydroxylamine groups is 2. The number of nitrogens with zero attached hydrogens (tertiary/aromatic N) is 5. The van der Waals surface area contributed by atoms with E-state index in [0.717, 1.165) is 43.3 Å². The number of fused-ring (bicyclic) bond motifs is 2. The van der Waals surface area contributed by atoms with Gasteiger partial charge in [-0.1, -0.05) is 73.9 Å². The lowest BCUT2D eigenvalue weighted by atomic mass is 9.95. The number of rotatable bonds is 12. The second-order valence-electron chi connectivity index (χ2n) is 14.4. The van der Waals surface area contributed by atoms with Gasteiger partial charge in [0.15, 0.2) is 12.3 Å². The molecule has 3 saturated heterocycles. The number of carbonyl (C=O) groups is 3. The SMILES string of the molecule is C.CC(C)(C)C.CCC(CC)CC1ON(C(=O)/C=C/c2cnc3ccccc3n2)C2CNC(=O)CN2C1=O.OP(O)OCCCCN1CCCC1. The third-order valence-corrected chi connectivity index (χ3v) is 8.70. The van der Waals surface area contributed by atoms with Gasteiger partial charge in [-0.15, -0.1) is 0 Å². The third kappa shape index (κ3) is 15.6. The molecule has 1 aromatic heterocycles. The first kappa shape index (κ1) is 44.1. The van der Waals surface area contributed by atoms with Crippen LogP contribution in [0.5, 0.6) is 0 Å². The molecule has 3 aliphatic heterocycles. The normalized spacial score (nSPS) is 19.3. The summed E-state index contributed by atoms with van der Waals surface area (Å²) in [6, 6.07) is 7.48. The Morgan fingerprint density at radius 3 is 2.37 bits per heavy atom. The second-order valence-corrected chi connectivity index (χ2v) is 15.1. The summed E-state index contributed by atoms with van der Waals surface area (Å²) in [4.78, 5) is 73.5. The van der Waals surface area contributed by atoms with Crippen LogP contribution in [-0.4, -0.2) is 104 Å². The Morgan fingerprint density at radius 1 is 1.10 bits per heavy atom. The molecule has 0 aliphatic carbocycles. The molecule has 14 heteroatoms. The summed E-state index contributed by atoms with van der Waals surface area (Å²) in [6.45, 7) is 17.0. The molecule has 2 atom stereocenters. The molecule has 3 N–H and O–H groups in total. The van der Waals surface area contributed by atoms with E-state index in [2.05, 4.69) is 66.3 Å². The number of para-hydroxylation sites is 2. The molecule has 4 heterocycles. The fourth-order valence-corrected chi connectivity index (χ4v) is 5.93. The highest BCUT2D eigenvalue weighted by atomic mass is 31.2. The lowest BCUT2D eigenvalue weighted by Crippen LogP contribution is -2.69. The molecule has 3 fully saturated rings. The van der Waals surface area contributed by atoms with Crippen molar-refractivity contribution >= 4 is 43.4 Å². The quantitative estimate of drug-likeness (QED) is 0.141. The summed E-state index contributed by atoms with van der Waals surface area (Å²) in [7, 11) is -2.14. The summed E-state index contributed by atoms with van der Waals surface area (Å²) < 4.78 is 4.66. The minimum Gasteiger partial charge on any atom is -0.350 e. The number of hydrogen-bond donors (Lipinski definition) is 3. The van der Waals surface area contributed by atoms with Gasteiger partial charge in [-0.25, -0.2) is 4.98 Å². The minimum atomic E-state index is -2.14. The highest BCUT2D eigenvalue weighted by Crippen LogP contribution is 2.27. The van der Waals surface area contributed by atoms with Crippen LogP contribution in [0.15, 0.2) is 36.5 Å². The van der Waals surface area contributed by atoms with Crippen LogP contribution in [-0.2, 0) is 23.7 Å². The first-order valence-electron chi connectivity index (χ1n) is 17.8. The lowest BCUT2D eigenvalue weighted by Gasteiger charge is -2.47. The number of benzene rings is 1. The zero-order valence-corrected chi connectivity index (χ0v) is 31.5. The van der Waals surface area contributed by atoms with Crippen LogP contribution in [0.3, 0.4) is 0 Å². The first-order valence-corrected chi connectivity index (χ1v) is 19.0. The van der Waals surface area contributed by atoms with Gasteiger partial charge in [0, 0.05) is 6.08 Å². The van der Waals surface area contributed by atoms with Crippen LogP contribution in [0.25, 0.3) is 17.1 Å². The molecule has 1 aromatic carbocycles. The molecule has 286 valence electrons. The number of aromatic nitrogens is 2. The monoisotopic (exact) mass is 732 g/mol. The number of nitrogens with one attached hydrogen (secondary N) is 1. The summed E-state index contributed by atoms with van der Waals surface area (Å²) in [5.41, 5.74) is 2.53. The van der Waals surface area contributed by atoms with Crippen molar-refractivity contribution in [2.24, 2.45) is 11.3 Å². The maximum atomic E-state index is 13.1. The Bertz CT molecular complexity index is 1390. The van der Waals surface area contributed by atoms with Crippen LogP contribution in [0.4, 0.5) is 0 Å². The topological polar surface area (TPSA) is 158 Å². The molecule has 3 amide bonds. The number of hydrogen-bond acceptors (Lipinski definition) is 10. The van der Waals surface area contributed by atoms with Crippen molar-refractivity contribution in [1.82, 2.24) is 30.1 Å². The molecule has 0 bridgehead atoms. The Balaban J connectivity index is 0.000000394. The van der Waals surface area contributed by atoms with Gasteiger partial charge in [0.05, 0.1) is 36.1 Å². The van der Waals surface area contributed by atoms with E-state index in [1.54, 1.807) is 12.3 Å². The largest absolute Gasteiger partial charge is 0.350 e. The predicted octanol–water partition coefficient (Wildman–Crippen LogP) is 5.68. The molecule has 2 aromatic rings. The molecule has 2 unspecified atom stereocenters. The van der Waals surface area contributed by atoms with E-state index in [4.69, 9.17) is 14.6 Å². The van der Waals surface area contributed by atoms with Gasteiger partial charge in [0.25, 0.3) is 11.8 Å². The molecule has 0 saturated carbocycles. The number of carbonyl (C=O) groups excluding carboxylic acids is 3. The van der Waals surface area contributed by atoms with E-state index in [9.17, 15) is 14.4 Å². The van der Waals surface area contributed by atoms with Crippen molar-refractivity contribution in [3.05, 3.63) is 42.2 Å².